The molecule has 1 atom stereocenters. The second-order valence-electron chi connectivity index (χ2n) is 4.06. The highest BCUT2D eigenvalue weighted by molar-refractivity contribution is 5.86. The number of nitrogens with one attached hydrogen (secondary N) is 2. The molecule has 16 heavy (non-hydrogen) atoms. The van der Waals surface area contributed by atoms with Gasteiger partial charge in [-0.15, -0.1) is 6.58 Å². The van der Waals surface area contributed by atoms with Gasteiger partial charge in [0.25, 0.3) is 0 Å². The van der Waals surface area contributed by atoms with Gasteiger partial charge in [0, 0.05) is 6.54 Å². The number of urea groups is 1. The molecular formula is C11H21N3O2. The van der Waals surface area contributed by atoms with E-state index in [0.717, 1.165) is 0 Å². The minimum Gasteiger partial charge on any atom is -0.354 e. The van der Waals surface area contributed by atoms with Crippen LogP contribution in [0.3, 0.4) is 0 Å². The molecule has 0 rings (SSSR count). The minimum absolute atomic E-state index is 0.200. The van der Waals surface area contributed by atoms with Crippen molar-refractivity contribution in [2.45, 2.75) is 32.7 Å². The van der Waals surface area contributed by atoms with Crippen LogP contribution in [0.25, 0.3) is 0 Å². The van der Waals surface area contributed by atoms with E-state index in [1.807, 2.05) is 13.8 Å². The van der Waals surface area contributed by atoms with Crippen LogP contribution in [0, 0.1) is 5.92 Å². The fourth-order valence-electron chi connectivity index (χ4n) is 1.30. The summed E-state index contributed by atoms with van der Waals surface area (Å²) < 4.78 is 0. The van der Waals surface area contributed by atoms with E-state index >= 15 is 0 Å². The molecule has 4 N–H and O–H groups in total. The molecule has 0 bridgehead atoms. The van der Waals surface area contributed by atoms with Gasteiger partial charge < -0.3 is 16.4 Å². The van der Waals surface area contributed by atoms with Crippen molar-refractivity contribution in [3.05, 3.63) is 12.7 Å². The highest BCUT2D eigenvalue weighted by Gasteiger charge is 2.20. The lowest BCUT2D eigenvalue weighted by Crippen LogP contribution is -2.49. The molecule has 0 aliphatic carbocycles. The number of hydrogen-bond acceptors (Lipinski definition) is 2. The molecule has 0 spiro atoms. The van der Waals surface area contributed by atoms with Crippen LogP contribution in [-0.4, -0.2) is 24.5 Å². The molecule has 92 valence electrons. The molecule has 0 fully saturated rings. The van der Waals surface area contributed by atoms with E-state index in [9.17, 15) is 9.59 Å². The summed E-state index contributed by atoms with van der Waals surface area (Å²) in [5.41, 5.74) is 5.02. The summed E-state index contributed by atoms with van der Waals surface area (Å²) in [5, 5.41) is 5.15. The van der Waals surface area contributed by atoms with Crippen LogP contribution in [0.2, 0.25) is 0 Å². The Balaban J connectivity index is 4.19. The Kier molecular flexibility index (Phi) is 7.00. The maximum absolute atomic E-state index is 11.7. The van der Waals surface area contributed by atoms with Crippen molar-refractivity contribution in [3.63, 3.8) is 0 Å². The van der Waals surface area contributed by atoms with E-state index in [4.69, 9.17) is 5.73 Å². The van der Waals surface area contributed by atoms with E-state index in [1.54, 1.807) is 6.08 Å². The first-order valence-corrected chi connectivity index (χ1v) is 5.42. The summed E-state index contributed by atoms with van der Waals surface area (Å²) in [6.45, 7) is 8.04. The number of hydrogen-bond donors (Lipinski definition) is 3. The van der Waals surface area contributed by atoms with Gasteiger partial charge in [0.05, 0.1) is 0 Å². The van der Waals surface area contributed by atoms with Crippen LogP contribution in [0.1, 0.15) is 26.7 Å². The first-order valence-electron chi connectivity index (χ1n) is 5.42. The number of carbonyl (C=O) groups excluding carboxylic acids is 2. The summed E-state index contributed by atoms with van der Waals surface area (Å²) in [6, 6.07) is -1.23. The second-order valence-corrected chi connectivity index (χ2v) is 4.06. The molecule has 0 saturated carbocycles. The molecule has 5 heteroatoms. The Morgan fingerprint density at radius 1 is 1.44 bits per heavy atom. The molecule has 0 aliphatic rings. The van der Waals surface area contributed by atoms with E-state index in [0.29, 0.717) is 25.3 Å². The number of nitrogens with two attached hydrogens (primary N) is 1. The molecular weight excluding hydrogens is 206 g/mol. The van der Waals surface area contributed by atoms with Gasteiger partial charge in [0.2, 0.25) is 5.91 Å². The number of primary amides is 1. The Labute approximate surface area is 96.5 Å². The zero-order valence-electron chi connectivity index (χ0n) is 9.95. The third kappa shape index (κ3) is 6.86. The summed E-state index contributed by atoms with van der Waals surface area (Å²) in [5.74, 6) is 0.108. The quantitative estimate of drug-likeness (QED) is 0.443. The third-order valence-corrected chi connectivity index (χ3v) is 1.99. The molecule has 3 amide bonds. The summed E-state index contributed by atoms with van der Waals surface area (Å²) in [7, 11) is 0. The Morgan fingerprint density at radius 2 is 2.06 bits per heavy atom. The average Bonchev–Trinajstić information content (AvgIpc) is 2.15. The van der Waals surface area contributed by atoms with Gasteiger partial charge in [0.1, 0.15) is 6.04 Å². The van der Waals surface area contributed by atoms with Crippen LogP contribution >= 0.6 is 0 Å². The van der Waals surface area contributed by atoms with Crippen molar-refractivity contribution < 1.29 is 9.59 Å². The fourth-order valence-corrected chi connectivity index (χ4v) is 1.30. The summed E-state index contributed by atoms with van der Waals surface area (Å²) >= 11 is 0. The molecule has 1 unspecified atom stereocenters. The van der Waals surface area contributed by atoms with E-state index in [2.05, 4.69) is 17.2 Å². The lowest BCUT2D eigenvalue weighted by Gasteiger charge is -2.18. The van der Waals surface area contributed by atoms with Crippen LogP contribution in [0.15, 0.2) is 12.7 Å². The molecule has 0 aliphatic heterocycles. The smallest absolute Gasteiger partial charge is 0.312 e. The highest BCUT2D eigenvalue weighted by atomic mass is 16.2. The molecule has 0 aromatic rings. The zero-order valence-corrected chi connectivity index (χ0v) is 9.95. The topological polar surface area (TPSA) is 84.2 Å². The van der Waals surface area contributed by atoms with E-state index < -0.39 is 12.1 Å². The first kappa shape index (κ1) is 14.5. The van der Waals surface area contributed by atoms with Crippen molar-refractivity contribution >= 4 is 11.9 Å². The number of carbonyl (C=O) groups is 2. The maximum Gasteiger partial charge on any atom is 0.312 e. The molecule has 0 aromatic heterocycles. The Morgan fingerprint density at radius 3 is 2.50 bits per heavy atom. The van der Waals surface area contributed by atoms with Gasteiger partial charge in [-0.1, -0.05) is 19.9 Å². The van der Waals surface area contributed by atoms with Gasteiger partial charge in [-0.3, -0.25) is 4.79 Å². The van der Waals surface area contributed by atoms with Gasteiger partial charge in [-0.2, -0.15) is 0 Å². The van der Waals surface area contributed by atoms with Crippen LogP contribution in [0.5, 0.6) is 0 Å². The zero-order chi connectivity index (χ0) is 12.6. The van der Waals surface area contributed by atoms with Gasteiger partial charge in [0.15, 0.2) is 0 Å². The number of rotatable bonds is 7. The van der Waals surface area contributed by atoms with E-state index in [-0.39, 0.29) is 5.91 Å². The second kappa shape index (κ2) is 7.73. The predicted octanol–water partition coefficient (Wildman–Crippen LogP) is 0.762. The first-order chi connectivity index (χ1) is 7.47. The van der Waals surface area contributed by atoms with E-state index in [1.165, 1.54) is 0 Å². The number of amides is 3. The summed E-state index contributed by atoms with van der Waals surface area (Å²) in [6.07, 6.45) is 3.00. The molecule has 0 radical (unpaired) electrons. The maximum atomic E-state index is 11.7. The molecule has 5 nitrogen and oxygen atoms in total. The van der Waals surface area contributed by atoms with Gasteiger partial charge >= 0.3 is 6.03 Å². The largest absolute Gasteiger partial charge is 0.354 e. The molecule has 0 saturated heterocycles. The average molecular weight is 227 g/mol. The fraction of sp³-hybridized carbons (Fsp3) is 0.636. The van der Waals surface area contributed by atoms with Crippen LogP contribution in [0.4, 0.5) is 4.79 Å². The Bertz CT molecular complexity index is 252. The lowest BCUT2D eigenvalue weighted by molar-refractivity contribution is -0.123. The molecule has 0 aromatic carbocycles. The minimum atomic E-state index is -0.676. The lowest BCUT2D eigenvalue weighted by atomic mass is 10.0. The van der Waals surface area contributed by atoms with Crippen molar-refractivity contribution in [1.29, 1.82) is 0 Å². The Hall–Kier alpha value is -1.52. The predicted molar refractivity (Wildman–Crippen MR) is 63.8 cm³/mol. The van der Waals surface area contributed by atoms with Gasteiger partial charge in [-0.25, -0.2) is 4.79 Å². The SMILES string of the molecule is C=CCCNC(=O)C(CC(C)C)NC(N)=O. The standard InChI is InChI=1S/C11H21N3O2/c1-4-5-6-13-10(15)9(7-8(2)3)14-11(12)16/h4,8-9H,1,5-7H2,2-3H3,(H,13,15)(H3,12,14,16). The third-order valence-electron chi connectivity index (χ3n) is 1.99. The highest BCUT2D eigenvalue weighted by Crippen LogP contribution is 2.04. The normalized spacial score (nSPS) is 11.9. The van der Waals surface area contributed by atoms with Crippen molar-refractivity contribution in [2.24, 2.45) is 11.7 Å². The van der Waals surface area contributed by atoms with Crippen LogP contribution in [-0.2, 0) is 4.79 Å². The van der Waals surface area contributed by atoms with Crippen molar-refractivity contribution in [3.8, 4) is 0 Å². The molecule has 0 heterocycles. The van der Waals surface area contributed by atoms with Crippen molar-refractivity contribution in [2.75, 3.05) is 6.54 Å². The van der Waals surface area contributed by atoms with Crippen molar-refractivity contribution in [1.82, 2.24) is 10.6 Å². The van der Waals surface area contributed by atoms with Gasteiger partial charge in [-0.05, 0) is 18.8 Å². The monoisotopic (exact) mass is 227 g/mol. The van der Waals surface area contributed by atoms with Crippen LogP contribution < -0.4 is 16.4 Å². The summed E-state index contributed by atoms with van der Waals surface area (Å²) in [4.78, 5) is 22.4.